The Morgan fingerprint density at radius 2 is 2.03 bits per heavy atom. The van der Waals surface area contributed by atoms with Crippen molar-refractivity contribution in [1.29, 1.82) is 0 Å². The molecule has 0 saturated heterocycles. The monoisotopic (exact) mass is 488 g/mol. The second-order valence-corrected chi connectivity index (χ2v) is 8.30. The molecule has 0 aliphatic heterocycles. The van der Waals surface area contributed by atoms with Crippen LogP contribution in [0.15, 0.2) is 35.2 Å². The molecule has 0 bridgehead atoms. The van der Waals surface area contributed by atoms with E-state index in [9.17, 15) is 0 Å². The standard InChI is InChI=1S/C20H21BrN6O2S/c1-11(2)27-14-7-8-22-18(16(14)17(25-27)19-24-20(21)26-30-19)23-10-12-5-6-13(28-3)9-15(12)29-4/h5-9,11H,10H2,1-4H3,(H,22,23). The molecular weight excluding hydrogens is 468 g/mol. The predicted octanol–water partition coefficient (Wildman–Crippen LogP) is 4.92. The third kappa shape index (κ3) is 3.84. The first-order valence-electron chi connectivity index (χ1n) is 9.33. The topological polar surface area (TPSA) is 87.0 Å². The molecule has 156 valence electrons. The minimum atomic E-state index is 0.189. The fraction of sp³-hybridized carbons (Fsp3) is 0.300. The molecule has 3 heterocycles. The SMILES string of the molecule is COc1ccc(CNc2nccc3c2c(-c2nc(Br)ns2)nn3C(C)C)c(OC)c1. The van der Waals surface area contributed by atoms with E-state index in [1.54, 1.807) is 20.4 Å². The number of halogens is 1. The number of methoxy groups -OCH3 is 2. The summed E-state index contributed by atoms with van der Waals surface area (Å²) in [5, 5.41) is 9.93. The van der Waals surface area contributed by atoms with Gasteiger partial charge in [-0.05, 0) is 59.5 Å². The van der Waals surface area contributed by atoms with E-state index in [1.807, 2.05) is 28.9 Å². The van der Waals surface area contributed by atoms with Gasteiger partial charge in [-0.25, -0.2) is 9.97 Å². The predicted molar refractivity (Wildman–Crippen MR) is 121 cm³/mol. The van der Waals surface area contributed by atoms with Gasteiger partial charge in [-0.3, -0.25) is 4.68 Å². The number of anilines is 1. The van der Waals surface area contributed by atoms with E-state index in [-0.39, 0.29) is 6.04 Å². The number of nitrogens with one attached hydrogen (secondary N) is 1. The van der Waals surface area contributed by atoms with E-state index in [4.69, 9.17) is 14.6 Å². The zero-order valence-electron chi connectivity index (χ0n) is 17.0. The Bertz CT molecular complexity index is 1190. The molecule has 0 atom stereocenters. The highest BCUT2D eigenvalue weighted by atomic mass is 79.9. The van der Waals surface area contributed by atoms with E-state index in [0.717, 1.165) is 44.5 Å². The molecule has 0 aliphatic rings. The van der Waals surface area contributed by atoms with Crippen LogP contribution in [0.5, 0.6) is 11.5 Å². The van der Waals surface area contributed by atoms with E-state index in [1.165, 1.54) is 11.5 Å². The minimum absolute atomic E-state index is 0.189. The fourth-order valence-electron chi connectivity index (χ4n) is 3.24. The van der Waals surface area contributed by atoms with Crippen molar-refractivity contribution >= 4 is 44.2 Å². The van der Waals surface area contributed by atoms with E-state index < -0.39 is 0 Å². The summed E-state index contributed by atoms with van der Waals surface area (Å²) in [4.78, 5) is 9.06. The van der Waals surface area contributed by atoms with Gasteiger partial charge in [0, 0.05) is 30.4 Å². The largest absolute Gasteiger partial charge is 0.497 e. The second kappa shape index (κ2) is 8.57. The lowest BCUT2D eigenvalue weighted by atomic mass is 10.1. The summed E-state index contributed by atoms with van der Waals surface area (Å²) >= 11 is 4.64. The molecule has 4 rings (SSSR count). The average molecular weight is 489 g/mol. The highest BCUT2D eigenvalue weighted by Gasteiger charge is 2.21. The maximum absolute atomic E-state index is 5.52. The van der Waals surface area contributed by atoms with E-state index >= 15 is 0 Å². The first kappa shape index (κ1) is 20.5. The lowest BCUT2D eigenvalue weighted by Gasteiger charge is -2.12. The molecule has 0 spiro atoms. The number of rotatable bonds is 7. The normalized spacial score (nSPS) is 11.3. The average Bonchev–Trinajstić information content (AvgIpc) is 3.36. The summed E-state index contributed by atoms with van der Waals surface area (Å²) in [5.41, 5.74) is 2.75. The second-order valence-electron chi connectivity index (χ2n) is 6.84. The number of aromatic nitrogens is 5. The van der Waals surface area contributed by atoms with Gasteiger partial charge in [-0.15, -0.1) is 0 Å². The van der Waals surface area contributed by atoms with Gasteiger partial charge >= 0.3 is 0 Å². The van der Waals surface area contributed by atoms with E-state index in [0.29, 0.717) is 11.3 Å². The number of benzene rings is 1. The Morgan fingerprint density at radius 3 is 2.70 bits per heavy atom. The van der Waals surface area contributed by atoms with Crippen molar-refractivity contribution in [2.75, 3.05) is 19.5 Å². The Morgan fingerprint density at radius 1 is 1.20 bits per heavy atom. The van der Waals surface area contributed by atoms with Gasteiger partial charge in [-0.2, -0.15) is 9.47 Å². The van der Waals surface area contributed by atoms with Gasteiger partial charge in [-0.1, -0.05) is 0 Å². The van der Waals surface area contributed by atoms with Crippen LogP contribution in [0.1, 0.15) is 25.5 Å². The number of hydrogen-bond acceptors (Lipinski definition) is 8. The molecule has 10 heteroatoms. The summed E-state index contributed by atoms with van der Waals surface area (Å²) in [6.45, 7) is 4.73. The van der Waals surface area contributed by atoms with Gasteiger partial charge in [0.2, 0.25) is 4.73 Å². The molecule has 0 aliphatic carbocycles. The van der Waals surface area contributed by atoms with Gasteiger partial charge in [0.25, 0.3) is 0 Å². The first-order valence-corrected chi connectivity index (χ1v) is 10.9. The maximum atomic E-state index is 5.52. The highest BCUT2D eigenvalue weighted by Crippen LogP contribution is 2.35. The lowest BCUT2D eigenvalue weighted by Crippen LogP contribution is -2.05. The first-order chi connectivity index (χ1) is 14.5. The zero-order valence-corrected chi connectivity index (χ0v) is 19.4. The summed E-state index contributed by atoms with van der Waals surface area (Å²) in [5.74, 6) is 2.23. The number of pyridine rings is 1. The smallest absolute Gasteiger partial charge is 0.209 e. The third-order valence-electron chi connectivity index (χ3n) is 4.65. The zero-order chi connectivity index (χ0) is 21.3. The fourth-order valence-corrected chi connectivity index (χ4v) is 4.31. The molecule has 3 aromatic heterocycles. The molecular formula is C20H21BrN6O2S. The molecule has 30 heavy (non-hydrogen) atoms. The van der Waals surface area contributed by atoms with Crippen LogP contribution in [0.2, 0.25) is 0 Å². The summed E-state index contributed by atoms with van der Waals surface area (Å²) in [6.07, 6.45) is 1.79. The lowest BCUT2D eigenvalue weighted by molar-refractivity contribution is 0.391. The van der Waals surface area contributed by atoms with Crippen LogP contribution in [0, 0.1) is 0 Å². The summed E-state index contributed by atoms with van der Waals surface area (Å²) in [6, 6.07) is 7.92. The molecule has 4 aromatic rings. The van der Waals surface area contributed by atoms with Crippen LogP contribution >= 0.6 is 27.5 Å². The number of nitrogens with zero attached hydrogens (tertiary/aromatic N) is 5. The van der Waals surface area contributed by atoms with Crippen LogP contribution in [-0.2, 0) is 6.54 Å². The van der Waals surface area contributed by atoms with Gasteiger partial charge in [0.15, 0.2) is 5.01 Å². The summed E-state index contributed by atoms with van der Waals surface area (Å²) in [7, 11) is 3.28. The van der Waals surface area contributed by atoms with E-state index in [2.05, 4.69) is 49.4 Å². The van der Waals surface area contributed by atoms with Gasteiger partial charge < -0.3 is 14.8 Å². The third-order valence-corrected chi connectivity index (χ3v) is 5.97. The van der Waals surface area contributed by atoms with Gasteiger partial charge in [0.05, 0.1) is 25.1 Å². The number of ether oxygens (including phenoxy) is 2. The molecule has 0 fully saturated rings. The van der Waals surface area contributed by atoms with Crippen molar-refractivity contribution < 1.29 is 9.47 Å². The molecule has 1 aromatic carbocycles. The van der Waals surface area contributed by atoms with Crippen molar-refractivity contribution in [2.24, 2.45) is 0 Å². The van der Waals surface area contributed by atoms with Crippen molar-refractivity contribution in [1.82, 2.24) is 24.1 Å². The van der Waals surface area contributed by atoms with Crippen molar-refractivity contribution in [3.8, 4) is 22.2 Å². The van der Waals surface area contributed by atoms with Crippen LogP contribution < -0.4 is 14.8 Å². The minimum Gasteiger partial charge on any atom is -0.497 e. The number of fused-ring (bicyclic) bond motifs is 1. The van der Waals surface area contributed by atoms with Crippen molar-refractivity contribution in [3.63, 3.8) is 0 Å². The maximum Gasteiger partial charge on any atom is 0.209 e. The van der Waals surface area contributed by atoms with Crippen LogP contribution in [0.3, 0.4) is 0 Å². The Kier molecular flexibility index (Phi) is 5.87. The van der Waals surface area contributed by atoms with Crippen LogP contribution in [0.4, 0.5) is 5.82 Å². The van der Waals surface area contributed by atoms with Gasteiger partial charge in [0.1, 0.15) is 23.0 Å². The molecule has 0 amide bonds. The Labute approximate surface area is 186 Å². The van der Waals surface area contributed by atoms with Crippen LogP contribution in [-0.4, -0.2) is 38.3 Å². The molecule has 0 unspecified atom stereocenters. The Balaban J connectivity index is 1.76. The summed E-state index contributed by atoms with van der Waals surface area (Å²) < 4.78 is 17.6. The molecule has 1 N–H and O–H groups in total. The quantitative estimate of drug-likeness (QED) is 0.394. The van der Waals surface area contributed by atoms with Crippen molar-refractivity contribution in [2.45, 2.75) is 26.4 Å². The molecule has 0 saturated carbocycles. The van der Waals surface area contributed by atoms with Crippen LogP contribution in [0.25, 0.3) is 21.6 Å². The Hall–Kier alpha value is -2.72. The highest BCUT2D eigenvalue weighted by molar-refractivity contribution is 9.10. The molecule has 0 radical (unpaired) electrons. The van der Waals surface area contributed by atoms with Crippen molar-refractivity contribution in [3.05, 3.63) is 40.8 Å². The number of hydrogen-bond donors (Lipinski definition) is 1. The molecule has 8 nitrogen and oxygen atoms in total.